The first kappa shape index (κ1) is 27.7. The summed E-state index contributed by atoms with van der Waals surface area (Å²) in [7, 11) is 0. The molecule has 0 fully saturated rings. The number of hydrogen-bond acceptors (Lipinski definition) is 8. The SMILES string of the molecule is C=CC[C@]1(C(=O)NNCc2ccc3c(c2)OCO3)N=C(c2ccc(OCCCO)cc2)O[C@H]1c1ccccc1Br. The number of fused-ring (bicyclic) bond motifs is 1. The number of halogens is 1. The third-order valence-electron chi connectivity index (χ3n) is 6.60. The van der Waals surface area contributed by atoms with E-state index in [1.165, 1.54) is 0 Å². The van der Waals surface area contributed by atoms with E-state index in [1.54, 1.807) is 6.08 Å². The number of hydrogen-bond donors (Lipinski definition) is 3. The Hall–Kier alpha value is -3.86. The Bertz CT molecular complexity index is 1400. The van der Waals surface area contributed by atoms with Crippen molar-refractivity contribution in [2.75, 3.05) is 20.0 Å². The fourth-order valence-corrected chi connectivity index (χ4v) is 5.08. The van der Waals surface area contributed by atoms with E-state index in [2.05, 4.69) is 33.4 Å². The van der Waals surface area contributed by atoms with Gasteiger partial charge in [0.25, 0.3) is 5.91 Å². The standard InChI is InChI=1S/C30H30BrN3O6/c1-2-14-30(29(36)34-32-18-20-8-13-25-26(17-20)39-19-38-25)27(23-6-3-4-7-24(23)31)40-28(33-30)21-9-11-22(12-10-21)37-16-5-15-35/h2-4,6-13,17,27,32,35H,1,5,14-16,18-19H2,(H,34,36)/t27-,30-/m0/s1. The molecular weight excluding hydrogens is 578 g/mol. The molecule has 3 aromatic rings. The number of benzene rings is 3. The number of hydrazine groups is 1. The topological polar surface area (TPSA) is 111 Å². The van der Waals surface area contributed by atoms with Crippen molar-refractivity contribution in [2.24, 2.45) is 4.99 Å². The molecule has 9 nitrogen and oxygen atoms in total. The minimum atomic E-state index is -1.32. The average molecular weight is 608 g/mol. The Kier molecular flexibility index (Phi) is 8.69. The summed E-state index contributed by atoms with van der Waals surface area (Å²) in [6.45, 7) is 4.95. The van der Waals surface area contributed by atoms with Crippen LogP contribution in [0.5, 0.6) is 17.2 Å². The lowest BCUT2D eigenvalue weighted by atomic mass is 9.84. The fourth-order valence-electron chi connectivity index (χ4n) is 4.59. The zero-order chi connectivity index (χ0) is 28.0. The van der Waals surface area contributed by atoms with Gasteiger partial charge >= 0.3 is 0 Å². The van der Waals surface area contributed by atoms with Crippen LogP contribution in [0.2, 0.25) is 0 Å². The maximum Gasteiger partial charge on any atom is 0.266 e. The number of rotatable bonds is 12. The first-order valence-corrected chi connectivity index (χ1v) is 13.7. The molecule has 2 heterocycles. The first-order valence-electron chi connectivity index (χ1n) is 12.9. The lowest BCUT2D eigenvalue weighted by Crippen LogP contribution is -2.52. The molecule has 2 aliphatic heterocycles. The van der Waals surface area contributed by atoms with Crippen molar-refractivity contribution in [1.82, 2.24) is 10.9 Å². The highest BCUT2D eigenvalue weighted by Crippen LogP contribution is 2.44. The summed E-state index contributed by atoms with van der Waals surface area (Å²) < 4.78 is 23.7. The van der Waals surface area contributed by atoms with Gasteiger partial charge in [0.05, 0.1) is 6.61 Å². The van der Waals surface area contributed by atoms with Gasteiger partial charge in [-0.25, -0.2) is 10.4 Å². The Labute approximate surface area is 240 Å². The largest absolute Gasteiger partial charge is 0.494 e. The maximum atomic E-state index is 13.9. The number of aliphatic hydroxyl groups is 1. The van der Waals surface area contributed by atoms with Gasteiger partial charge in [-0.05, 0) is 48.0 Å². The summed E-state index contributed by atoms with van der Waals surface area (Å²) in [6, 6.07) is 20.5. The second-order valence-corrected chi connectivity index (χ2v) is 10.2. The lowest BCUT2D eigenvalue weighted by Gasteiger charge is -2.30. The van der Waals surface area contributed by atoms with Gasteiger partial charge in [0.15, 0.2) is 23.1 Å². The van der Waals surface area contributed by atoms with Gasteiger partial charge in [-0.15, -0.1) is 6.58 Å². The van der Waals surface area contributed by atoms with Gasteiger partial charge < -0.3 is 24.1 Å². The van der Waals surface area contributed by atoms with Crippen molar-refractivity contribution in [3.63, 3.8) is 0 Å². The summed E-state index contributed by atoms with van der Waals surface area (Å²) in [5, 5.41) is 8.98. The fraction of sp³-hybridized carbons (Fsp3) is 0.267. The Morgan fingerprint density at radius 2 is 1.95 bits per heavy atom. The third-order valence-corrected chi connectivity index (χ3v) is 7.33. The summed E-state index contributed by atoms with van der Waals surface area (Å²) in [4.78, 5) is 18.8. The van der Waals surface area contributed by atoms with Crippen molar-refractivity contribution in [1.29, 1.82) is 0 Å². The minimum absolute atomic E-state index is 0.0676. The van der Waals surface area contributed by atoms with E-state index in [0.717, 1.165) is 15.6 Å². The average Bonchev–Trinajstić information content (AvgIpc) is 3.59. The van der Waals surface area contributed by atoms with Gasteiger partial charge in [-0.1, -0.05) is 46.3 Å². The van der Waals surface area contributed by atoms with Crippen LogP contribution in [-0.2, 0) is 16.1 Å². The maximum absolute atomic E-state index is 13.9. The van der Waals surface area contributed by atoms with Gasteiger partial charge in [0.1, 0.15) is 5.75 Å². The molecule has 0 aromatic heterocycles. The molecule has 10 heteroatoms. The normalized spacial score (nSPS) is 19.1. The Morgan fingerprint density at radius 3 is 2.73 bits per heavy atom. The molecule has 0 unspecified atom stereocenters. The predicted molar refractivity (Wildman–Crippen MR) is 153 cm³/mol. The van der Waals surface area contributed by atoms with Gasteiger partial charge in [-0.3, -0.25) is 10.2 Å². The van der Waals surface area contributed by atoms with Crippen molar-refractivity contribution in [2.45, 2.75) is 31.0 Å². The zero-order valence-electron chi connectivity index (χ0n) is 21.8. The van der Waals surface area contributed by atoms with Crippen LogP contribution in [-0.4, -0.2) is 42.5 Å². The van der Waals surface area contributed by atoms with Crippen molar-refractivity contribution >= 4 is 27.7 Å². The molecule has 0 saturated heterocycles. The van der Waals surface area contributed by atoms with E-state index < -0.39 is 11.6 Å². The molecule has 3 aromatic carbocycles. The summed E-state index contributed by atoms with van der Waals surface area (Å²) in [5.74, 6) is 2.03. The smallest absolute Gasteiger partial charge is 0.266 e. The quantitative estimate of drug-likeness (QED) is 0.157. The van der Waals surface area contributed by atoms with Crippen LogP contribution < -0.4 is 25.1 Å². The highest BCUT2D eigenvalue weighted by molar-refractivity contribution is 9.10. The van der Waals surface area contributed by atoms with Crippen molar-refractivity contribution in [3.8, 4) is 17.2 Å². The highest BCUT2D eigenvalue weighted by atomic mass is 79.9. The van der Waals surface area contributed by atoms with E-state index in [4.69, 9.17) is 29.0 Å². The lowest BCUT2D eigenvalue weighted by molar-refractivity contribution is -0.129. The number of amides is 1. The van der Waals surface area contributed by atoms with Crippen LogP contribution in [0, 0.1) is 0 Å². The molecule has 1 amide bonds. The summed E-state index contributed by atoms with van der Waals surface area (Å²) in [6.07, 6.45) is 1.74. The number of carbonyl (C=O) groups is 1. The van der Waals surface area contributed by atoms with E-state index in [-0.39, 0.29) is 25.7 Å². The van der Waals surface area contributed by atoms with Gasteiger partial charge in [-0.2, -0.15) is 0 Å². The number of nitrogens with zero attached hydrogens (tertiary/aromatic N) is 1. The zero-order valence-corrected chi connectivity index (χ0v) is 23.4. The molecule has 40 heavy (non-hydrogen) atoms. The summed E-state index contributed by atoms with van der Waals surface area (Å²) >= 11 is 3.62. The molecular formula is C30H30BrN3O6. The molecule has 2 aliphatic rings. The Balaban J connectivity index is 1.40. The number of nitrogens with one attached hydrogen (secondary N) is 2. The molecule has 208 valence electrons. The molecule has 3 N–H and O–H groups in total. The predicted octanol–water partition coefficient (Wildman–Crippen LogP) is 4.59. The van der Waals surface area contributed by atoms with Crippen molar-refractivity contribution in [3.05, 3.63) is 101 Å². The number of aliphatic hydroxyl groups excluding tert-OH is 1. The highest BCUT2D eigenvalue weighted by Gasteiger charge is 2.53. The van der Waals surface area contributed by atoms with Crippen LogP contribution >= 0.6 is 15.9 Å². The van der Waals surface area contributed by atoms with Crippen LogP contribution in [0.4, 0.5) is 0 Å². The molecule has 2 atom stereocenters. The molecule has 5 rings (SSSR count). The third kappa shape index (κ3) is 5.84. The van der Waals surface area contributed by atoms with Crippen LogP contribution in [0.25, 0.3) is 0 Å². The van der Waals surface area contributed by atoms with Crippen LogP contribution in [0.15, 0.2) is 88.9 Å². The number of aliphatic imine (C=N–C) groups is 1. The van der Waals surface area contributed by atoms with Crippen LogP contribution in [0.1, 0.15) is 35.6 Å². The molecule has 0 aliphatic carbocycles. The van der Waals surface area contributed by atoms with Gasteiger partial charge in [0, 0.05) is 41.6 Å². The minimum Gasteiger partial charge on any atom is -0.494 e. The molecule has 0 bridgehead atoms. The van der Waals surface area contributed by atoms with Crippen LogP contribution in [0.3, 0.4) is 0 Å². The van der Waals surface area contributed by atoms with Crippen molar-refractivity contribution < 1.29 is 28.8 Å². The molecule has 0 saturated carbocycles. The van der Waals surface area contributed by atoms with Gasteiger partial charge in [0.2, 0.25) is 12.7 Å². The monoisotopic (exact) mass is 607 g/mol. The molecule has 0 radical (unpaired) electrons. The van der Waals surface area contributed by atoms with E-state index >= 15 is 0 Å². The molecule has 0 spiro atoms. The van der Waals surface area contributed by atoms with E-state index in [0.29, 0.717) is 48.3 Å². The second-order valence-electron chi connectivity index (χ2n) is 9.30. The first-order chi connectivity index (χ1) is 19.5. The number of ether oxygens (including phenoxy) is 4. The van der Waals surface area contributed by atoms with E-state index in [1.807, 2.05) is 66.7 Å². The van der Waals surface area contributed by atoms with E-state index in [9.17, 15) is 4.79 Å². The second kappa shape index (κ2) is 12.5. The summed E-state index contributed by atoms with van der Waals surface area (Å²) in [5.41, 5.74) is 6.96. The number of carbonyl (C=O) groups excluding carboxylic acids is 1. The Morgan fingerprint density at radius 1 is 1.15 bits per heavy atom.